The standard InChI is InChI=1S/C8H7BrOS/c9-6-8(11)10-7-4-2-1-3-5-7/h1-5H,6H2. The molecule has 0 aliphatic heterocycles. The summed E-state index contributed by atoms with van der Waals surface area (Å²) in [5.74, 6) is 0.789. The first-order valence-corrected chi connectivity index (χ1v) is 4.67. The van der Waals surface area contributed by atoms with Gasteiger partial charge < -0.3 is 4.74 Å². The Morgan fingerprint density at radius 1 is 1.36 bits per heavy atom. The highest BCUT2D eigenvalue weighted by molar-refractivity contribution is 9.09. The molecule has 0 aliphatic rings. The van der Waals surface area contributed by atoms with Crippen LogP contribution in [0.2, 0.25) is 0 Å². The average Bonchev–Trinajstić information content (AvgIpc) is 2.06. The Morgan fingerprint density at radius 3 is 2.55 bits per heavy atom. The molecule has 1 rings (SSSR count). The molecule has 0 atom stereocenters. The lowest BCUT2D eigenvalue weighted by Gasteiger charge is -2.02. The van der Waals surface area contributed by atoms with E-state index in [-0.39, 0.29) is 0 Å². The first-order chi connectivity index (χ1) is 5.33. The van der Waals surface area contributed by atoms with Crippen LogP contribution in [0.3, 0.4) is 0 Å². The first kappa shape index (κ1) is 8.68. The summed E-state index contributed by atoms with van der Waals surface area (Å²) in [5.41, 5.74) is 0. The molecule has 0 spiro atoms. The molecule has 1 nitrogen and oxygen atoms in total. The van der Waals surface area contributed by atoms with Gasteiger partial charge in [0.05, 0.1) is 5.33 Å². The van der Waals surface area contributed by atoms with E-state index in [4.69, 9.17) is 17.0 Å². The third-order valence-corrected chi connectivity index (χ3v) is 2.19. The molecule has 0 aliphatic carbocycles. The van der Waals surface area contributed by atoms with Gasteiger partial charge in [-0.05, 0) is 24.4 Å². The van der Waals surface area contributed by atoms with Crippen molar-refractivity contribution in [3.8, 4) is 5.75 Å². The Labute approximate surface area is 79.5 Å². The summed E-state index contributed by atoms with van der Waals surface area (Å²) in [5, 5.41) is 1.15. The van der Waals surface area contributed by atoms with Gasteiger partial charge in [-0.15, -0.1) is 0 Å². The van der Waals surface area contributed by atoms with Crippen LogP contribution in [0, 0.1) is 0 Å². The van der Waals surface area contributed by atoms with Gasteiger partial charge in [-0.25, -0.2) is 0 Å². The lowest BCUT2D eigenvalue weighted by atomic mass is 10.3. The fourth-order valence-corrected chi connectivity index (χ4v) is 0.858. The van der Waals surface area contributed by atoms with E-state index in [2.05, 4.69) is 15.9 Å². The van der Waals surface area contributed by atoms with Gasteiger partial charge in [0.1, 0.15) is 5.75 Å². The van der Waals surface area contributed by atoms with Crippen molar-refractivity contribution in [2.45, 2.75) is 0 Å². The van der Waals surface area contributed by atoms with Crippen LogP contribution in [0.5, 0.6) is 5.75 Å². The van der Waals surface area contributed by atoms with E-state index in [1.807, 2.05) is 30.3 Å². The van der Waals surface area contributed by atoms with E-state index in [1.165, 1.54) is 0 Å². The minimum absolute atomic E-state index is 0.552. The summed E-state index contributed by atoms with van der Waals surface area (Å²) < 4.78 is 5.25. The van der Waals surface area contributed by atoms with E-state index in [0.29, 0.717) is 10.4 Å². The van der Waals surface area contributed by atoms with Gasteiger partial charge in [-0.3, -0.25) is 0 Å². The topological polar surface area (TPSA) is 9.23 Å². The Morgan fingerprint density at radius 2 is 2.00 bits per heavy atom. The quantitative estimate of drug-likeness (QED) is 0.571. The van der Waals surface area contributed by atoms with Gasteiger partial charge in [0, 0.05) is 0 Å². The van der Waals surface area contributed by atoms with Crippen molar-refractivity contribution < 1.29 is 4.74 Å². The fourth-order valence-electron chi connectivity index (χ4n) is 0.647. The predicted molar refractivity (Wildman–Crippen MR) is 53.5 cm³/mol. The number of halogens is 1. The molecule has 0 saturated heterocycles. The van der Waals surface area contributed by atoms with Gasteiger partial charge in [-0.2, -0.15) is 0 Å². The lowest BCUT2D eigenvalue weighted by Crippen LogP contribution is -2.05. The van der Waals surface area contributed by atoms with Crippen LogP contribution in [-0.4, -0.2) is 10.4 Å². The van der Waals surface area contributed by atoms with Crippen LogP contribution in [-0.2, 0) is 0 Å². The molecule has 1 aromatic carbocycles. The van der Waals surface area contributed by atoms with Crippen molar-refractivity contribution in [2.75, 3.05) is 5.33 Å². The number of alkyl halides is 1. The van der Waals surface area contributed by atoms with Gasteiger partial charge in [0.2, 0.25) is 0 Å². The first-order valence-electron chi connectivity index (χ1n) is 3.14. The summed E-state index contributed by atoms with van der Waals surface area (Å²) in [6.07, 6.45) is 0. The summed E-state index contributed by atoms with van der Waals surface area (Å²) in [6, 6.07) is 9.49. The van der Waals surface area contributed by atoms with E-state index < -0.39 is 0 Å². The minimum atomic E-state index is 0.552. The zero-order valence-electron chi connectivity index (χ0n) is 5.79. The zero-order valence-corrected chi connectivity index (χ0v) is 8.19. The molecule has 3 heteroatoms. The molecule has 0 amide bonds. The molecule has 1 aromatic rings. The van der Waals surface area contributed by atoms with Crippen molar-refractivity contribution in [2.24, 2.45) is 0 Å². The normalized spacial score (nSPS) is 9.18. The van der Waals surface area contributed by atoms with Gasteiger partial charge >= 0.3 is 0 Å². The molecule has 0 N–H and O–H groups in total. The number of thiocarbonyl (C=S) groups is 1. The van der Waals surface area contributed by atoms with Crippen molar-refractivity contribution in [3.05, 3.63) is 30.3 Å². The Balaban J connectivity index is 2.58. The zero-order chi connectivity index (χ0) is 8.10. The second-order valence-electron chi connectivity index (χ2n) is 1.92. The molecule has 0 saturated carbocycles. The molecule has 0 bridgehead atoms. The van der Waals surface area contributed by atoms with Crippen LogP contribution in [0.15, 0.2) is 30.3 Å². The molecule has 0 heterocycles. The highest BCUT2D eigenvalue weighted by Gasteiger charge is 1.95. The Kier molecular flexibility index (Phi) is 3.52. The van der Waals surface area contributed by atoms with Crippen molar-refractivity contribution in [1.29, 1.82) is 0 Å². The van der Waals surface area contributed by atoms with Gasteiger partial charge in [0.15, 0.2) is 5.05 Å². The number of hydrogen-bond donors (Lipinski definition) is 0. The van der Waals surface area contributed by atoms with Gasteiger partial charge in [-0.1, -0.05) is 34.1 Å². The van der Waals surface area contributed by atoms with Crippen LogP contribution in [0.1, 0.15) is 0 Å². The SMILES string of the molecule is S=C(CBr)Oc1ccccc1. The van der Waals surface area contributed by atoms with E-state index in [1.54, 1.807) is 0 Å². The van der Waals surface area contributed by atoms with Crippen molar-refractivity contribution in [3.63, 3.8) is 0 Å². The lowest BCUT2D eigenvalue weighted by molar-refractivity contribution is 0.563. The summed E-state index contributed by atoms with van der Waals surface area (Å²) in [6.45, 7) is 0. The van der Waals surface area contributed by atoms with Crippen molar-refractivity contribution in [1.82, 2.24) is 0 Å². The second-order valence-corrected chi connectivity index (χ2v) is 2.94. The number of para-hydroxylation sites is 1. The maximum atomic E-state index is 5.25. The molecule has 11 heavy (non-hydrogen) atoms. The summed E-state index contributed by atoms with van der Waals surface area (Å²) in [4.78, 5) is 0. The number of hydrogen-bond acceptors (Lipinski definition) is 2. The Bertz CT molecular complexity index is 235. The summed E-state index contributed by atoms with van der Waals surface area (Å²) in [7, 11) is 0. The molecule has 58 valence electrons. The highest BCUT2D eigenvalue weighted by atomic mass is 79.9. The van der Waals surface area contributed by atoms with E-state index in [0.717, 1.165) is 5.75 Å². The van der Waals surface area contributed by atoms with E-state index in [9.17, 15) is 0 Å². The highest BCUT2D eigenvalue weighted by Crippen LogP contribution is 2.09. The second kappa shape index (κ2) is 4.46. The fraction of sp³-hybridized carbons (Fsp3) is 0.125. The number of ether oxygens (including phenoxy) is 1. The van der Waals surface area contributed by atoms with Gasteiger partial charge in [0.25, 0.3) is 0 Å². The van der Waals surface area contributed by atoms with E-state index >= 15 is 0 Å². The number of rotatable bonds is 2. The monoisotopic (exact) mass is 230 g/mol. The molecular weight excluding hydrogens is 224 g/mol. The van der Waals surface area contributed by atoms with Crippen LogP contribution in [0.4, 0.5) is 0 Å². The average molecular weight is 231 g/mol. The smallest absolute Gasteiger partial charge is 0.177 e. The third kappa shape index (κ3) is 2.99. The molecule has 0 aromatic heterocycles. The van der Waals surface area contributed by atoms with Crippen LogP contribution < -0.4 is 4.74 Å². The largest absolute Gasteiger partial charge is 0.449 e. The van der Waals surface area contributed by atoms with Crippen molar-refractivity contribution >= 4 is 33.2 Å². The minimum Gasteiger partial charge on any atom is -0.449 e. The maximum Gasteiger partial charge on any atom is 0.177 e. The summed E-state index contributed by atoms with van der Waals surface area (Å²) >= 11 is 8.07. The van der Waals surface area contributed by atoms with Crippen LogP contribution >= 0.6 is 28.1 Å². The maximum absolute atomic E-state index is 5.25. The van der Waals surface area contributed by atoms with Crippen LogP contribution in [0.25, 0.3) is 0 Å². The predicted octanol–water partition coefficient (Wildman–Crippen LogP) is 2.79. The molecular formula is C8H7BrOS. The molecule has 0 radical (unpaired) electrons. The number of benzene rings is 1. The molecule has 0 fully saturated rings. The molecule has 0 unspecified atom stereocenters. The Hall–Kier alpha value is -0.410. The third-order valence-electron chi connectivity index (χ3n) is 1.08.